The molecule has 0 fully saturated rings. The van der Waals surface area contributed by atoms with E-state index in [2.05, 4.69) is 4.90 Å². The highest BCUT2D eigenvalue weighted by Gasteiger charge is 2.26. The van der Waals surface area contributed by atoms with Crippen molar-refractivity contribution in [2.45, 2.75) is 13.0 Å². The van der Waals surface area contributed by atoms with Gasteiger partial charge in [0.2, 0.25) is 0 Å². The smallest absolute Gasteiger partial charge is 0.173 e. The Balaban J connectivity index is 2.23. The molecule has 2 rings (SSSR count). The van der Waals surface area contributed by atoms with Crippen LogP contribution in [-0.4, -0.2) is 26.8 Å². The molecular formula is C12H15NO2S. The highest BCUT2D eigenvalue weighted by atomic mass is 32.2. The Hall–Kier alpha value is -1.29. The van der Waals surface area contributed by atoms with Crippen LogP contribution in [-0.2, 0) is 9.84 Å². The van der Waals surface area contributed by atoms with Crippen molar-refractivity contribution < 1.29 is 8.42 Å². The summed E-state index contributed by atoms with van der Waals surface area (Å²) in [4.78, 5) is 2.10. The van der Waals surface area contributed by atoms with Crippen molar-refractivity contribution in [1.82, 2.24) is 0 Å². The molecule has 86 valence electrons. The zero-order valence-electron chi connectivity index (χ0n) is 9.20. The standard InChI is InChI=1S/C12H15NO2S/c1-2-13(11-6-4-3-5-7-11)12-8-9-16(14,15)10-12/h3-9,12H,2,10H2,1H3/t12-/m0/s1. The minimum Gasteiger partial charge on any atom is -0.364 e. The highest BCUT2D eigenvalue weighted by Crippen LogP contribution is 2.21. The van der Waals surface area contributed by atoms with Crippen molar-refractivity contribution in [2.24, 2.45) is 0 Å². The molecule has 1 aliphatic heterocycles. The Labute approximate surface area is 96.3 Å². The van der Waals surface area contributed by atoms with E-state index in [4.69, 9.17) is 0 Å². The number of hydrogen-bond donors (Lipinski definition) is 0. The molecule has 0 unspecified atom stereocenters. The Morgan fingerprint density at radius 3 is 2.50 bits per heavy atom. The van der Waals surface area contributed by atoms with Gasteiger partial charge in [-0.2, -0.15) is 0 Å². The van der Waals surface area contributed by atoms with Gasteiger partial charge in [-0.1, -0.05) is 18.2 Å². The Kier molecular flexibility index (Phi) is 3.01. The van der Waals surface area contributed by atoms with Crippen LogP contribution in [0.25, 0.3) is 0 Å². The molecule has 1 heterocycles. The SMILES string of the molecule is CCN(c1ccccc1)[C@H]1C=CS(=O)(=O)C1. The van der Waals surface area contributed by atoms with Crippen LogP contribution in [0.3, 0.4) is 0 Å². The van der Waals surface area contributed by atoms with Gasteiger partial charge in [0.15, 0.2) is 9.84 Å². The topological polar surface area (TPSA) is 37.4 Å². The monoisotopic (exact) mass is 237 g/mol. The summed E-state index contributed by atoms with van der Waals surface area (Å²) in [5.41, 5.74) is 1.07. The quantitative estimate of drug-likeness (QED) is 0.804. The van der Waals surface area contributed by atoms with E-state index in [1.165, 1.54) is 5.41 Å². The van der Waals surface area contributed by atoms with Gasteiger partial charge < -0.3 is 4.90 Å². The van der Waals surface area contributed by atoms with Crippen molar-refractivity contribution in [2.75, 3.05) is 17.2 Å². The third-order valence-electron chi connectivity index (χ3n) is 2.74. The molecule has 1 aromatic rings. The molecule has 1 atom stereocenters. The second kappa shape index (κ2) is 4.29. The second-order valence-electron chi connectivity index (χ2n) is 3.85. The summed E-state index contributed by atoms with van der Waals surface area (Å²) in [6.45, 7) is 2.83. The maximum atomic E-state index is 11.4. The van der Waals surface area contributed by atoms with Gasteiger partial charge >= 0.3 is 0 Å². The third kappa shape index (κ3) is 2.27. The Bertz CT molecular complexity index is 479. The molecule has 0 N–H and O–H groups in total. The number of hydrogen-bond acceptors (Lipinski definition) is 3. The molecule has 0 aliphatic carbocycles. The maximum Gasteiger partial charge on any atom is 0.173 e. The van der Waals surface area contributed by atoms with Crippen LogP contribution >= 0.6 is 0 Å². The first-order valence-corrected chi connectivity index (χ1v) is 7.06. The fourth-order valence-corrected chi connectivity index (χ4v) is 3.28. The average Bonchev–Trinajstić information content (AvgIpc) is 2.62. The third-order valence-corrected chi connectivity index (χ3v) is 4.12. The van der Waals surface area contributed by atoms with Crippen molar-refractivity contribution in [3.8, 4) is 0 Å². The Morgan fingerprint density at radius 2 is 2.00 bits per heavy atom. The largest absolute Gasteiger partial charge is 0.364 e. The van der Waals surface area contributed by atoms with Gasteiger partial charge in [0.1, 0.15) is 0 Å². The molecule has 0 amide bonds. The number of sulfone groups is 1. The minimum atomic E-state index is -2.98. The second-order valence-corrected chi connectivity index (χ2v) is 5.78. The average molecular weight is 237 g/mol. The maximum absolute atomic E-state index is 11.4. The predicted molar refractivity (Wildman–Crippen MR) is 66.2 cm³/mol. The molecule has 1 aromatic carbocycles. The Morgan fingerprint density at radius 1 is 1.31 bits per heavy atom. The van der Waals surface area contributed by atoms with E-state index in [1.54, 1.807) is 6.08 Å². The molecule has 0 saturated carbocycles. The lowest BCUT2D eigenvalue weighted by Gasteiger charge is -2.28. The molecule has 3 nitrogen and oxygen atoms in total. The van der Waals surface area contributed by atoms with Gasteiger partial charge in [0, 0.05) is 17.6 Å². The summed E-state index contributed by atoms with van der Waals surface area (Å²) >= 11 is 0. The molecule has 0 aromatic heterocycles. The van der Waals surface area contributed by atoms with Gasteiger partial charge in [-0.3, -0.25) is 0 Å². The lowest BCUT2D eigenvalue weighted by atomic mass is 10.2. The molecule has 4 heteroatoms. The fourth-order valence-electron chi connectivity index (χ4n) is 1.98. The van der Waals surface area contributed by atoms with Gasteiger partial charge in [0.05, 0.1) is 11.8 Å². The lowest BCUT2D eigenvalue weighted by Crippen LogP contribution is -2.35. The van der Waals surface area contributed by atoms with Gasteiger partial charge in [-0.15, -0.1) is 0 Å². The van der Waals surface area contributed by atoms with Crippen LogP contribution in [0.15, 0.2) is 41.8 Å². The summed E-state index contributed by atoms with van der Waals surface area (Å²) in [5, 5.41) is 1.32. The van der Waals surface area contributed by atoms with Crippen LogP contribution in [0, 0.1) is 0 Å². The van der Waals surface area contributed by atoms with E-state index in [0.29, 0.717) is 0 Å². The van der Waals surface area contributed by atoms with Crippen molar-refractivity contribution in [3.05, 3.63) is 41.8 Å². The van der Waals surface area contributed by atoms with Gasteiger partial charge in [-0.25, -0.2) is 8.42 Å². The fraction of sp³-hybridized carbons (Fsp3) is 0.333. The van der Waals surface area contributed by atoms with Crippen molar-refractivity contribution >= 4 is 15.5 Å². The molecule has 1 aliphatic rings. The van der Waals surface area contributed by atoms with E-state index < -0.39 is 9.84 Å². The van der Waals surface area contributed by atoms with Gasteiger partial charge in [0.25, 0.3) is 0 Å². The van der Waals surface area contributed by atoms with Crippen molar-refractivity contribution in [3.63, 3.8) is 0 Å². The summed E-state index contributed by atoms with van der Waals surface area (Å²) in [6.07, 6.45) is 1.77. The number of rotatable bonds is 3. The number of benzene rings is 1. The highest BCUT2D eigenvalue weighted by molar-refractivity contribution is 7.94. The zero-order chi connectivity index (χ0) is 11.6. The first kappa shape index (κ1) is 11.2. The van der Waals surface area contributed by atoms with Crippen LogP contribution < -0.4 is 4.90 Å². The lowest BCUT2D eigenvalue weighted by molar-refractivity contribution is 0.602. The van der Waals surface area contributed by atoms with Crippen LogP contribution in [0.2, 0.25) is 0 Å². The number of anilines is 1. The zero-order valence-corrected chi connectivity index (χ0v) is 10.0. The van der Waals surface area contributed by atoms with E-state index in [9.17, 15) is 8.42 Å². The van der Waals surface area contributed by atoms with Crippen LogP contribution in [0.5, 0.6) is 0 Å². The van der Waals surface area contributed by atoms with E-state index in [-0.39, 0.29) is 11.8 Å². The number of para-hydroxylation sites is 1. The minimum absolute atomic E-state index is 0.0302. The van der Waals surface area contributed by atoms with Crippen LogP contribution in [0.4, 0.5) is 5.69 Å². The van der Waals surface area contributed by atoms with E-state index in [1.807, 2.05) is 37.3 Å². The summed E-state index contributed by atoms with van der Waals surface area (Å²) in [6, 6.07) is 9.86. The molecule has 0 bridgehead atoms. The summed E-state index contributed by atoms with van der Waals surface area (Å²) < 4.78 is 22.8. The molecule has 0 radical (unpaired) electrons. The molecule has 0 saturated heterocycles. The molecule has 16 heavy (non-hydrogen) atoms. The van der Waals surface area contributed by atoms with E-state index in [0.717, 1.165) is 12.2 Å². The van der Waals surface area contributed by atoms with Crippen molar-refractivity contribution in [1.29, 1.82) is 0 Å². The first-order chi connectivity index (χ1) is 7.62. The molecule has 0 spiro atoms. The molecular weight excluding hydrogens is 222 g/mol. The van der Waals surface area contributed by atoms with Crippen LogP contribution in [0.1, 0.15) is 6.92 Å². The van der Waals surface area contributed by atoms with Gasteiger partial charge in [-0.05, 0) is 25.1 Å². The summed E-state index contributed by atoms with van der Waals surface area (Å²) in [5.74, 6) is 0.190. The van der Waals surface area contributed by atoms with E-state index >= 15 is 0 Å². The first-order valence-electron chi connectivity index (χ1n) is 5.35. The summed E-state index contributed by atoms with van der Waals surface area (Å²) in [7, 11) is -2.98. The normalized spacial score (nSPS) is 22.2. The number of nitrogens with zero attached hydrogens (tertiary/aromatic N) is 1. The number of likely N-dealkylation sites (N-methyl/N-ethyl adjacent to an activating group) is 1. The predicted octanol–water partition coefficient (Wildman–Crippen LogP) is 1.82.